The van der Waals surface area contributed by atoms with Crippen molar-refractivity contribution in [2.45, 2.75) is 32.4 Å². The van der Waals surface area contributed by atoms with Crippen molar-refractivity contribution in [1.29, 1.82) is 0 Å². The molecule has 1 aromatic carbocycles. The molecule has 0 aliphatic heterocycles. The Morgan fingerprint density at radius 1 is 1.42 bits per heavy atom. The van der Waals surface area contributed by atoms with Crippen LogP contribution in [0.5, 0.6) is 0 Å². The summed E-state index contributed by atoms with van der Waals surface area (Å²) in [6.45, 7) is 0.622. The topological polar surface area (TPSA) is 85.0 Å². The second-order valence-corrected chi connectivity index (χ2v) is 6.90. The molecule has 0 saturated carbocycles. The summed E-state index contributed by atoms with van der Waals surface area (Å²) in [6, 6.07) is 4.54. The Morgan fingerprint density at radius 3 is 2.88 bits per heavy atom. The van der Waals surface area contributed by atoms with Gasteiger partial charge in [0, 0.05) is 23.3 Å². The van der Waals surface area contributed by atoms with Gasteiger partial charge in [-0.3, -0.25) is 9.13 Å². The molecule has 138 valence electrons. The number of nitrogens with zero attached hydrogens (tertiary/aromatic N) is 4. The molecule has 0 spiro atoms. The molecule has 0 atom stereocenters. The Bertz CT molecular complexity index is 1120. The highest BCUT2D eigenvalue weighted by molar-refractivity contribution is 6.32. The quantitative estimate of drug-likeness (QED) is 0.663. The Hall–Kier alpha value is -2.45. The van der Waals surface area contributed by atoms with Crippen molar-refractivity contribution in [2.75, 3.05) is 5.32 Å². The van der Waals surface area contributed by atoms with Crippen LogP contribution >= 0.6 is 11.6 Å². The number of imidazole rings is 1. The smallest absolute Gasteiger partial charge is 0.328 e. The number of aromatic nitrogens is 4. The van der Waals surface area contributed by atoms with Crippen molar-refractivity contribution in [3.05, 3.63) is 46.0 Å². The predicted molar refractivity (Wildman–Crippen MR) is 98.4 cm³/mol. The fraction of sp³-hybridized carbons (Fsp3) is 0.353. The van der Waals surface area contributed by atoms with Crippen LogP contribution in [0, 0.1) is 6.08 Å². The summed E-state index contributed by atoms with van der Waals surface area (Å²) in [6.07, 6.45) is 0.372. The van der Waals surface area contributed by atoms with Crippen LogP contribution in [0.25, 0.3) is 11.0 Å². The number of nitrogens with one attached hydrogen (secondary N) is 1. The monoisotopic (exact) mass is 382 g/mol. The summed E-state index contributed by atoms with van der Waals surface area (Å²) < 4.78 is 38.4. The van der Waals surface area contributed by atoms with Gasteiger partial charge in [-0.15, -0.1) is 0 Å². The second kappa shape index (κ2) is 6.69. The largest absolute Gasteiger partial charge is 0.390 e. The summed E-state index contributed by atoms with van der Waals surface area (Å²) in [5, 5.41) is 12.9. The van der Waals surface area contributed by atoms with Gasteiger partial charge >= 0.3 is 11.8 Å². The molecule has 0 aliphatic rings. The van der Waals surface area contributed by atoms with Gasteiger partial charge in [-0.1, -0.05) is 11.6 Å². The van der Waals surface area contributed by atoms with Crippen molar-refractivity contribution < 1.29 is 13.6 Å². The Balaban J connectivity index is 2.12. The van der Waals surface area contributed by atoms with Gasteiger partial charge in [0.1, 0.15) is 5.02 Å². The van der Waals surface area contributed by atoms with Gasteiger partial charge < -0.3 is 10.4 Å². The van der Waals surface area contributed by atoms with E-state index in [0.29, 0.717) is 11.2 Å². The highest BCUT2D eigenvalue weighted by Crippen LogP contribution is 2.25. The number of halogens is 2. The van der Waals surface area contributed by atoms with Crippen molar-refractivity contribution >= 4 is 34.1 Å². The maximum Gasteiger partial charge on any atom is 0.328 e. The van der Waals surface area contributed by atoms with Crippen LogP contribution in [-0.4, -0.2) is 29.8 Å². The van der Waals surface area contributed by atoms with Gasteiger partial charge in [0.2, 0.25) is 0 Å². The third-order valence-corrected chi connectivity index (χ3v) is 4.13. The first kappa shape index (κ1) is 14.7. The van der Waals surface area contributed by atoms with Crippen LogP contribution in [0.1, 0.15) is 24.4 Å². The second-order valence-electron chi connectivity index (χ2n) is 6.50. The van der Waals surface area contributed by atoms with Gasteiger partial charge in [-0.2, -0.15) is 9.37 Å². The zero-order chi connectivity index (χ0) is 21.6. The molecular weight excluding hydrogens is 361 g/mol. The number of rotatable bonds is 5. The molecule has 7 nitrogen and oxygen atoms in total. The molecular formula is C17H19ClFN5O2. The SMILES string of the molecule is [2H]C([2H])([2H])n1c(=O)n(CCC(C)(C)O)c2cc(Nc3nc(F)ncc3Cl)ccc21. The highest BCUT2D eigenvalue weighted by atomic mass is 35.5. The maximum atomic E-state index is 13.3. The third-order valence-electron chi connectivity index (χ3n) is 3.85. The molecule has 3 aromatic rings. The Kier molecular flexibility index (Phi) is 3.78. The fourth-order valence-electron chi connectivity index (χ4n) is 2.50. The zero-order valence-electron chi connectivity index (χ0n) is 17.1. The minimum atomic E-state index is -2.68. The van der Waals surface area contributed by atoms with Gasteiger partial charge in [0.05, 0.1) is 22.8 Å². The van der Waals surface area contributed by atoms with Crippen LogP contribution < -0.4 is 11.0 Å². The summed E-state index contributed by atoms with van der Waals surface area (Å²) in [5.74, 6) is 0.0270. The maximum absolute atomic E-state index is 13.3. The lowest BCUT2D eigenvalue weighted by molar-refractivity contribution is 0.0662. The Labute approximate surface area is 158 Å². The van der Waals surface area contributed by atoms with E-state index < -0.39 is 24.3 Å². The van der Waals surface area contributed by atoms with Crippen LogP contribution in [0.3, 0.4) is 0 Å². The van der Waals surface area contributed by atoms with Crippen molar-refractivity contribution in [2.24, 2.45) is 6.98 Å². The molecule has 26 heavy (non-hydrogen) atoms. The molecule has 2 N–H and O–H groups in total. The summed E-state index contributed by atoms with van der Waals surface area (Å²) >= 11 is 5.97. The predicted octanol–water partition coefficient (Wildman–Crippen LogP) is 2.83. The zero-order valence-corrected chi connectivity index (χ0v) is 14.9. The van der Waals surface area contributed by atoms with Crippen molar-refractivity contribution in [1.82, 2.24) is 19.1 Å². The van der Waals surface area contributed by atoms with Crippen molar-refractivity contribution in [3.8, 4) is 0 Å². The molecule has 0 bridgehead atoms. The van der Waals surface area contributed by atoms with E-state index in [2.05, 4.69) is 15.3 Å². The molecule has 2 heterocycles. The normalized spacial score (nSPS) is 14.1. The number of anilines is 2. The molecule has 0 radical (unpaired) electrons. The van der Waals surface area contributed by atoms with Crippen LogP contribution in [0.15, 0.2) is 29.2 Å². The van der Waals surface area contributed by atoms with E-state index in [1.54, 1.807) is 19.9 Å². The van der Waals surface area contributed by atoms with E-state index >= 15 is 0 Å². The standard InChI is InChI=1S/C17H19ClFN5O2/c1-17(2,26)6-7-24-13-8-10(4-5-12(13)23(3)16(24)25)21-14-11(18)9-20-15(19)22-14/h4-5,8-9,26H,6-7H2,1-3H3,(H,20,21,22)/i3D3. The molecule has 0 fully saturated rings. The van der Waals surface area contributed by atoms with E-state index in [1.807, 2.05) is 0 Å². The average Bonchev–Trinajstić information content (AvgIpc) is 2.86. The number of benzene rings is 1. The number of aryl methyl sites for hydroxylation is 2. The Morgan fingerprint density at radius 2 is 2.19 bits per heavy atom. The molecule has 0 saturated heterocycles. The number of fused-ring (bicyclic) bond motifs is 1. The molecule has 2 aromatic heterocycles. The molecule has 0 unspecified atom stereocenters. The lowest BCUT2D eigenvalue weighted by Crippen LogP contribution is -2.27. The van der Waals surface area contributed by atoms with E-state index in [0.717, 1.165) is 10.8 Å². The first-order valence-electron chi connectivity index (χ1n) is 9.30. The minimum Gasteiger partial charge on any atom is -0.390 e. The van der Waals surface area contributed by atoms with Gasteiger partial charge in [0.25, 0.3) is 0 Å². The van der Waals surface area contributed by atoms with Crippen molar-refractivity contribution in [3.63, 3.8) is 0 Å². The van der Waals surface area contributed by atoms with Crippen LogP contribution in [0.4, 0.5) is 15.9 Å². The lowest BCUT2D eigenvalue weighted by atomic mass is 10.1. The third kappa shape index (κ3) is 3.71. The lowest BCUT2D eigenvalue weighted by Gasteiger charge is -2.17. The van der Waals surface area contributed by atoms with Crippen LogP contribution in [0.2, 0.25) is 5.02 Å². The van der Waals surface area contributed by atoms with E-state index in [9.17, 15) is 14.3 Å². The van der Waals surface area contributed by atoms with E-state index in [1.165, 1.54) is 16.7 Å². The van der Waals surface area contributed by atoms with Gasteiger partial charge in [0.15, 0.2) is 5.82 Å². The number of hydrogen-bond acceptors (Lipinski definition) is 5. The number of hydrogen-bond donors (Lipinski definition) is 2. The van der Waals surface area contributed by atoms with E-state index in [4.69, 9.17) is 15.7 Å². The fourth-order valence-corrected chi connectivity index (χ4v) is 2.64. The van der Waals surface area contributed by atoms with Crippen LogP contribution in [-0.2, 0) is 13.5 Å². The van der Waals surface area contributed by atoms with Gasteiger partial charge in [-0.25, -0.2) is 9.78 Å². The molecule has 0 amide bonds. The summed E-state index contributed by atoms with van der Waals surface area (Å²) in [7, 11) is 0. The molecule has 3 rings (SSSR count). The molecule has 0 aliphatic carbocycles. The summed E-state index contributed by atoms with van der Waals surface area (Å²) in [4.78, 5) is 19.7. The average molecular weight is 383 g/mol. The first-order chi connectivity index (χ1) is 13.4. The number of aliphatic hydroxyl groups is 1. The first-order valence-corrected chi connectivity index (χ1v) is 8.18. The van der Waals surface area contributed by atoms with E-state index in [-0.39, 0.29) is 29.3 Å². The minimum absolute atomic E-state index is 0.0270. The highest BCUT2D eigenvalue weighted by Gasteiger charge is 2.17. The summed E-state index contributed by atoms with van der Waals surface area (Å²) in [5.41, 5.74) is -0.803. The molecule has 9 heteroatoms. The van der Waals surface area contributed by atoms with Gasteiger partial charge in [-0.05, 0) is 38.5 Å².